The molecule has 0 aliphatic heterocycles. The topological polar surface area (TPSA) is 29.5 Å². The molecule has 0 N–H and O–H groups in total. The summed E-state index contributed by atoms with van der Waals surface area (Å²) in [7, 11) is 0. The van der Waals surface area contributed by atoms with E-state index in [1.165, 1.54) is 19.3 Å². The van der Waals surface area contributed by atoms with E-state index in [0.717, 1.165) is 43.5 Å². The van der Waals surface area contributed by atoms with Gasteiger partial charge in [0.1, 0.15) is 6.10 Å². The summed E-state index contributed by atoms with van der Waals surface area (Å²) in [5.74, 6) is 0. The lowest BCUT2D eigenvalue weighted by atomic mass is 9.98. The molecule has 1 saturated carbocycles. The van der Waals surface area contributed by atoms with E-state index >= 15 is 0 Å². The van der Waals surface area contributed by atoms with Gasteiger partial charge >= 0.3 is 6.09 Å². The van der Waals surface area contributed by atoms with E-state index in [0.29, 0.717) is 0 Å². The second-order valence-corrected chi connectivity index (χ2v) is 5.94. The Bertz CT molecular complexity index is 452. The molecule has 21 heavy (non-hydrogen) atoms. The zero-order valence-corrected chi connectivity index (χ0v) is 13.3. The minimum absolute atomic E-state index is 0.111. The van der Waals surface area contributed by atoms with Crippen LogP contribution in [0.3, 0.4) is 0 Å². The van der Waals surface area contributed by atoms with Crippen LogP contribution in [0.4, 0.5) is 10.5 Å². The quantitative estimate of drug-likeness (QED) is 0.757. The molecule has 0 atom stereocenters. The molecule has 0 unspecified atom stereocenters. The monoisotopic (exact) mass is 289 g/mol. The number of carbonyl (C=O) groups is 1. The molecular formula is C18H27NO2. The van der Waals surface area contributed by atoms with Gasteiger partial charge in [-0.05, 0) is 50.7 Å². The number of hydrogen-bond donors (Lipinski definition) is 0. The first-order valence-electron chi connectivity index (χ1n) is 8.26. The SMILES string of the molecule is CCCCN(C(=O)OC1CCCCC1)c1ccccc1C. The molecule has 1 aliphatic rings. The van der Waals surface area contributed by atoms with Crippen LogP contribution in [-0.2, 0) is 4.74 Å². The van der Waals surface area contributed by atoms with Crippen molar-refractivity contribution in [1.29, 1.82) is 0 Å². The molecule has 1 amide bonds. The maximum Gasteiger partial charge on any atom is 0.414 e. The number of amides is 1. The van der Waals surface area contributed by atoms with Crippen molar-refractivity contribution in [1.82, 2.24) is 0 Å². The number of unbranched alkanes of at least 4 members (excludes halogenated alkanes) is 1. The van der Waals surface area contributed by atoms with Crippen molar-refractivity contribution < 1.29 is 9.53 Å². The van der Waals surface area contributed by atoms with E-state index in [9.17, 15) is 4.79 Å². The Balaban J connectivity index is 2.07. The van der Waals surface area contributed by atoms with Crippen LogP contribution in [0.25, 0.3) is 0 Å². The average molecular weight is 289 g/mol. The molecular weight excluding hydrogens is 262 g/mol. The molecule has 2 rings (SSSR count). The van der Waals surface area contributed by atoms with Crippen molar-refractivity contribution in [3.8, 4) is 0 Å². The van der Waals surface area contributed by atoms with Crippen LogP contribution >= 0.6 is 0 Å². The lowest BCUT2D eigenvalue weighted by molar-refractivity contribution is 0.0807. The molecule has 0 spiro atoms. The number of carbonyl (C=O) groups excluding carboxylic acids is 1. The molecule has 0 radical (unpaired) electrons. The van der Waals surface area contributed by atoms with Crippen molar-refractivity contribution in [2.24, 2.45) is 0 Å². The highest BCUT2D eigenvalue weighted by atomic mass is 16.6. The van der Waals surface area contributed by atoms with Crippen LogP contribution < -0.4 is 4.90 Å². The third kappa shape index (κ3) is 4.48. The second kappa shape index (κ2) is 8.06. The largest absolute Gasteiger partial charge is 0.446 e. The summed E-state index contributed by atoms with van der Waals surface area (Å²) in [6.45, 7) is 4.91. The number of aryl methyl sites for hydroxylation is 1. The Labute approximate surface area is 128 Å². The number of ether oxygens (including phenoxy) is 1. The Kier molecular flexibility index (Phi) is 6.09. The van der Waals surface area contributed by atoms with Crippen molar-refractivity contribution in [2.75, 3.05) is 11.4 Å². The maximum atomic E-state index is 12.6. The standard InChI is InChI=1S/C18H27NO2/c1-3-4-14-19(17-13-9-8-10-15(17)2)18(20)21-16-11-6-5-7-12-16/h8-10,13,16H,3-7,11-12,14H2,1-2H3. The fraction of sp³-hybridized carbons (Fsp3) is 0.611. The van der Waals surface area contributed by atoms with Gasteiger partial charge in [0.15, 0.2) is 0 Å². The first-order chi connectivity index (χ1) is 10.2. The Morgan fingerprint density at radius 1 is 1.24 bits per heavy atom. The average Bonchev–Trinajstić information content (AvgIpc) is 2.50. The molecule has 1 aliphatic carbocycles. The number of anilines is 1. The Hall–Kier alpha value is -1.51. The molecule has 0 saturated heterocycles. The lowest BCUT2D eigenvalue weighted by Gasteiger charge is -2.28. The second-order valence-electron chi connectivity index (χ2n) is 5.94. The number of benzene rings is 1. The van der Waals surface area contributed by atoms with Crippen LogP contribution in [0, 0.1) is 6.92 Å². The van der Waals surface area contributed by atoms with Crippen LogP contribution in [0.2, 0.25) is 0 Å². The first-order valence-corrected chi connectivity index (χ1v) is 8.26. The summed E-state index contributed by atoms with van der Waals surface area (Å²) in [5, 5.41) is 0. The molecule has 116 valence electrons. The number of nitrogens with zero attached hydrogens (tertiary/aromatic N) is 1. The predicted molar refractivity (Wildman–Crippen MR) is 86.8 cm³/mol. The third-order valence-corrected chi connectivity index (χ3v) is 4.18. The first kappa shape index (κ1) is 15.9. The maximum absolute atomic E-state index is 12.6. The van der Waals surface area contributed by atoms with Gasteiger partial charge in [-0.25, -0.2) is 4.79 Å². The zero-order valence-electron chi connectivity index (χ0n) is 13.3. The highest BCUT2D eigenvalue weighted by molar-refractivity contribution is 5.88. The van der Waals surface area contributed by atoms with Crippen molar-refractivity contribution in [3.05, 3.63) is 29.8 Å². The van der Waals surface area contributed by atoms with E-state index in [1.54, 1.807) is 0 Å². The van der Waals surface area contributed by atoms with Gasteiger partial charge in [0, 0.05) is 12.2 Å². The smallest absolute Gasteiger partial charge is 0.414 e. The number of rotatable bonds is 5. The van der Waals surface area contributed by atoms with E-state index in [1.807, 2.05) is 36.1 Å². The fourth-order valence-electron chi connectivity index (χ4n) is 2.88. The van der Waals surface area contributed by atoms with E-state index in [4.69, 9.17) is 4.74 Å². The lowest BCUT2D eigenvalue weighted by Crippen LogP contribution is -2.36. The summed E-state index contributed by atoms with van der Waals surface area (Å²) in [6, 6.07) is 8.04. The normalized spacial score (nSPS) is 15.7. The molecule has 3 heteroatoms. The van der Waals surface area contributed by atoms with Gasteiger partial charge in [-0.15, -0.1) is 0 Å². The van der Waals surface area contributed by atoms with Gasteiger partial charge in [-0.2, -0.15) is 0 Å². The van der Waals surface area contributed by atoms with Gasteiger partial charge in [0.05, 0.1) is 0 Å². The van der Waals surface area contributed by atoms with Crippen LogP contribution in [0.5, 0.6) is 0 Å². The fourth-order valence-corrected chi connectivity index (χ4v) is 2.88. The molecule has 3 nitrogen and oxygen atoms in total. The number of para-hydroxylation sites is 1. The summed E-state index contributed by atoms with van der Waals surface area (Å²) in [4.78, 5) is 14.4. The summed E-state index contributed by atoms with van der Waals surface area (Å²) in [6.07, 6.45) is 7.65. The van der Waals surface area contributed by atoms with E-state index < -0.39 is 0 Å². The van der Waals surface area contributed by atoms with Crippen molar-refractivity contribution in [2.45, 2.75) is 64.9 Å². The van der Waals surface area contributed by atoms with Crippen molar-refractivity contribution in [3.63, 3.8) is 0 Å². The summed E-state index contributed by atoms with van der Waals surface area (Å²) in [5.41, 5.74) is 2.10. The minimum atomic E-state index is -0.176. The van der Waals surface area contributed by atoms with Crippen LogP contribution in [-0.4, -0.2) is 18.7 Å². The Morgan fingerprint density at radius 2 is 1.95 bits per heavy atom. The third-order valence-electron chi connectivity index (χ3n) is 4.18. The summed E-state index contributed by atoms with van der Waals surface area (Å²) < 4.78 is 5.75. The predicted octanol–water partition coefficient (Wildman–Crippen LogP) is 5.07. The zero-order chi connectivity index (χ0) is 15.1. The minimum Gasteiger partial charge on any atom is -0.446 e. The van der Waals surface area contributed by atoms with E-state index in [-0.39, 0.29) is 12.2 Å². The van der Waals surface area contributed by atoms with Gasteiger partial charge in [-0.1, -0.05) is 38.0 Å². The van der Waals surface area contributed by atoms with E-state index in [2.05, 4.69) is 6.92 Å². The van der Waals surface area contributed by atoms with Crippen LogP contribution in [0.15, 0.2) is 24.3 Å². The Morgan fingerprint density at radius 3 is 2.62 bits per heavy atom. The molecule has 1 fully saturated rings. The number of hydrogen-bond acceptors (Lipinski definition) is 2. The highest BCUT2D eigenvalue weighted by Gasteiger charge is 2.23. The van der Waals surface area contributed by atoms with Gasteiger partial charge < -0.3 is 4.74 Å². The molecule has 0 aromatic heterocycles. The van der Waals surface area contributed by atoms with Gasteiger partial charge in [0.25, 0.3) is 0 Å². The van der Waals surface area contributed by atoms with Gasteiger partial charge in [-0.3, -0.25) is 4.90 Å². The molecule has 1 aromatic rings. The highest BCUT2D eigenvalue weighted by Crippen LogP contribution is 2.24. The molecule has 0 heterocycles. The van der Waals surface area contributed by atoms with Crippen LogP contribution in [0.1, 0.15) is 57.4 Å². The molecule has 1 aromatic carbocycles. The summed E-state index contributed by atoms with van der Waals surface area (Å²) >= 11 is 0. The van der Waals surface area contributed by atoms with Gasteiger partial charge in [0.2, 0.25) is 0 Å². The molecule has 0 bridgehead atoms. The van der Waals surface area contributed by atoms with Crippen molar-refractivity contribution >= 4 is 11.8 Å².